The van der Waals surface area contributed by atoms with Crippen molar-refractivity contribution in [1.29, 1.82) is 0 Å². The number of rotatable bonds is 18. The number of hydrogen-bond acceptors (Lipinski definition) is 5. The first-order valence-corrected chi connectivity index (χ1v) is 17.0. The molecule has 0 spiro atoms. The third-order valence-electron chi connectivity index (χ3n) is 9.06. The smallest absolute Gasteiger partial charge is 0.418 e. The number of ether oxygens (including phenoxy) is 3. The van der Waals surface area contributed by atoms with Crippen LogP contribution in [-0.2, 0) is 24.6 Å². The van der Waals surface area contributed by atoms with Crippen molar-refractivity contribution in [2.45, 2.75) is 122 Å². The van der Waals surface area contributed by atoms with Gasteiger partial charge in [0.1, 0.15) is 0 Å². The molecule has 0 saturated carbocycles. The summed E-state index contributed by atoms with van der Waals surface area (Å²) >= 11 is 0. The standard InChI is InChI=1S/C38H53NO5/c1-4-5-6-11-20-27-37(42-29-30-43-37)28-21-12-9-7-8-10-19-26-34(40)39-35(31(2)3)38(44-36(39)41,32-22-15-13-16-23-32)33-24-17-14-18-25-33/h10,13-19,22-25,31,35H,4-9,11-12,20-21,26-30H2,1-3H3/b19-10+. The third-order valence-corrected chi connectivity index (χ3v) is 9.06. The van der Waals surface area contributed by atoms with Crippen LogP contribution in [0.4, 0.5) is 4.79 Å². The van der Waals surface area contributed by atoms with E-state index in [-0.39, 0.29) is 24.0 Å². The van der Waals surface area contributed by atoms with Crippen molar-refractivity contribution in [1.82, 2.24) is 4.90 Å². The molecule has 1 unspecified atom stereocenters. The van der Waals surface area contributed by atoms with Gasteiger partial charge in [0.25, 0.3) is 0 Å². The quantitative estimate of drug-likeness (QED) is 0.125. The molecular formula is C38H53NO5. The van der Waals surface area contributed by atoms with Crippen LogP contribution < -0.4 is 0 Å². The minimum Gasteiger partial charge on any atom is -0.430 e. The van der Waals surface area contributed by atoms with E-state index in [0.717, 1.165) is 56.1 Å². The van der Waals surface area contributed by atoms with Gasteiger partial charge in [0.2, 0.25) is 5.91 Å². The van der Waals surface area contributed by atoms with Gasteiger partial charge in [0, 0.05) is 30.4 Å². The van der Waals surface area contributed by atoms with Crippen LogP contribution in [0.1, 0.15) is 115 Å². The fourth-order valence-corrected chi connectivity index (χ4v) is 6.88. The highest BCUT2D eigenvalue weighted by Crippen LogP contribution is 2.47. The van der Waals surface area contributed by atoms with Crippen LogP contribution in [0.15, 0.2) is 72.8 Å². The number of hydrogen-bond donors (Lipinski definition) is 0. The summed E-state index contributed by atoms with van der Waals surface area (Å²) in [6, 6.07) is 19.1. The van der Waals surface area contributed by atoms with Gasteiger partial charge in [-0.25, -0.2) is 9.69 Å². The summed E-state index contributed by atoms with van der Waals surface area (Å²) in [5.74, 6) is -0.597. The summed E-state index contributed by atoms with van der Waals surface area (Å²) in [4.78, 5) is 28.3. The molecule has 2 aromatic carbocycles. The van der Waals surface area contributed by atoms with Crippen LogP contribution in [0.25, 0.3) is 0 Å². The number of unbranched alkanes of at least 4 members (excludes halogenated alkanes) is 8. The molecule has 1 atom stereocenters. The summed E-state index contributed by atoms with van der Waals surface area (Å²) in [5, 5.41) is 0. The second-order valence-electron chi connectivity index (χ2n) is 12.7. The molecule has 240 valence electrons. The van der Waals surface area contributed by atoms with Gasteiger partial charge in [-0.3, -0.25) is 4.79 Å². The number of carbonyl (C=O) groups is 2. The maximum absolute atomic E-state index is 13.5. The van der Waals surface area contributed by atoms with Crippen LogP contribution in [0.5, 0.6) is 0 Å². The van der Waals surface area contributed by atoms with Gasteiger partial charge in [0.05, 0.1) is 19.3 Å². The topological polar surface area (TPSA) is 65.1 Å². The van der Waals surface area contributed by atoms with E-state index in [1.165, 1.54) is 37.0 Å². The van der Waals surface area contributed by atoms with Gasteiger partial charge in [0.15, 0.2) is 11.4 Å². The van der Waals surface area contributed by atoms with E-state index >= 15 is 0 Å². The molecule has 2 fully saturated rings. The van der Waals surface area contributed by atoms with E-state index in [0.29, 0.717) is 13.2 Å². The van der Waals surface area contributed by atoms with Gasteiger partial charge in [-0.2, -0.15) is 0 Å². The Morgan fingerprint density at radius 1 is 0.818 bits per heavy atom. The number of benzene rings is 2. The average molecular weight is 604 g/mol. The minimum absolute atomic E-state index is 0.0185. The highest BCUT2D eigenvalue weighted by atomic mass is 16.7. The SMILES string of the molecule is CCCCCCCC1(CCCCCC/C=C/CC(=O)N2C(=O)OC(c3ccccc3)(c3ccccc3)C2C(C)C)OCCO1. The van der Waals surface area contributed by atoms with Gasteiger partial charge in [-0.1, -0.05) is 132 Å². The van der Waals surface area contributed by atoms with Crippen molar-refractivity contribution < 1.29 is 23.8 Å². The number of allylic oxidation sites excluding steroid dienone is 1. The van der Waals surface area contributed by atoms with Crippen LogP contribution in [0.2, 0.25) is 0 Å². The van der Waals surface area contributed by atoms with E-state index in [9.17, 15) is 9.59 Å². The fourth-order valence-electron chi connectivity index (χ4n) is 6.88. The lowest BCUT2D eigenvalue weighted by Gasteiger charge is -2.37. The highest BCUT2D eigenvalue weighted by Gasteiger charge is 2.59. The molecule has 44 heavy (non-hydrogen) atoms. The second-order valence-corrected chi connectivity index (χ2v) is 12.7. The number of nitrogens with zero attached hydrogens (tertiary/aromatic N) is 1. The highest BCUT2D eigenvalue weighted by molar-refractivity contribution is 5.95. The molecule has 2 aliphatic rings. The first-order chi connectivity index (χ1) is 21.4. The third kappa shape index (κ3) is 8.39. The normalized spacial score (nSPS) is 19.2. The zero-order valence-corrected chi connectivity index (χ0v) is 27.2. The van der Waals surface area contributed by atoms with Crippen LogP contribution in [0.3, 0.4) is 0 Å². The summed E-state index contributed by atoms with van der Waals surface area (Å²) in [6.45, 7) is 7.76. The summed E-state index contributed by atoms with van der Waals surface area (Å²) in [5.41, 5.74) is 0.677. The van der Waals surface area contributed by atoms with Crippen molar-refractivity contribution in [3.63, 3.8) is 0 Å². The van der Waals surface area contributed by atoms with Crippen LogP contribution in [-0.4, -0.2) is 41.9 Å². The number of amides is 2. The first-order valence-electron chi connectivity index (χ1n) is 17.0. The monoisotopic (exact) mass is 603 g/mol. The van der Waals surface area contributed by atoms with Gasteiger partial charge in [-0.15, -0.1) is 0 Å². The molecule has 6 nitrogen and oxygen atoms in total. The maximum Gasteiger partial charge on any atom is 0.418 e. The Morgan fingerprint density at radius 3 is 1.91 bits per heavy atom. The summed E-state index contributed by atoms with van der Waals surface area (Å²) < 4.78 is 18.3. The molecule has 2 saturated heterocycles. The Kier molecular flexibility index (Phi) is 13.1. The van der Waals surface area contributed by atoms with Crippen LogP contribution >= 0.6 is 0 Å². The number of carbonyl (C=O) groups excluding carboxylic acids is 2. The minimum atomic E-state index is -1.06. The zero-order valence-electron chi connectivity index (χ0n) is 27.2. The maximum atomic E-state index is 13.5. The van der Waals surface area contributed by atoms with Crippen molar-refractivity contribution >= 4 is 12.0 Å². The molecule has 4 rings (SSSR count). The Hall–Kier alpha value is -2.96. The molecule has 0 aromatic heterocycles. The second kappa shape index (κ2) is 16.9. The van der Waals surface area contributed by atoms with Crippen LogP contribution in [0, 0.1) is 5.92 Å². The van der Waals surface area contributed by atoms with Crippen molar-refractivity contribution in [2.75, 3.05) is 13.2 Å². The lowest BCUT2D eigenvalue weighted by molar-refractivity contribution is -0.168. The predicted octanol–water partition coefficient (Wildman–Crippen LogP) is 9.32. The van der Waals surface area contributed by atoms with Crippen molar-refractivity contribution in [2.24, 2.45) is 5.92 Å². The molecule has 0 bridgehead atoms. The van der Waals surface area contributed by atoms with E-state index in [1.807, 2.05) is 80.6 Å². The molecule has 0 aliphatic carbocycles. The molecule has 0 N–H and O–H groups in total. The van der Waals surface area contributed by atoms with Gasteiger partial charge >= 0.3 is 6.09 Å². The van der Waals surface area contributed by atoms with E-state index in [1.54, 1.807) is 0 Å². The first kappa shape index (κ1) is 33.9. The lowest BCUT2D eigenvalue weighted by Crippen LogP contribution is -2.49. The van der Waals surface area contributed by atoms with E-state index < -0.39 is 17.7 Å². The molecule has 2 heterocycles. The van der Waals surface area contributed by atoms with E-state index in [2.05, 4.69) is 13.0 Å². The largest absolute Gasteiger partial charge is 0.430 e. The Balaban J connectivity index is 1.26. The average Bonchev–Trinajstić information content (AvgIpc) is 3.64. The van der Waals surface area contributed by atoms with Gasteiger partial charge in [-0.05, 0) is 31.6 Å². The Morgan fingerprint density at radius 2 is 1.36 bits per heavy atom. The Labute approximate surface area is 265 Å². The summed E-state index contributed by atoms with van der Waals surface area (Å²) in [6.07, 6.45) is 17.2. The van der Waals surface area contributed by atoms with Gasteiger partial charge < -0.3 is 14.2 Å². The van der Waals surface area contributed by atoms with Crippen molar-refractivity contribution in [3.8, 4) is 0 Å². The number of cyclic esters (lactones) is 1. The number of imide groups is 1. The summed E-state index contributed by atoms with van der Waals surface area (Å²) in [7, 11) is 0. The lowest BCUT2D eigenvalue weighted by atomic mass is 9.75. The fraction of sp³-hybridized carbons (Fsp3) is 0.579. The zero-order chi connectivity index (χ0) is 31.3. The van der Waals surface area contributed by atoms with Crippen molar-refractivity contribution in [3.05, 3.63) is 83.9 Å². The molecule has 6 heteroatoms. The Bertz CT molecular complexity index is 1130. The molecule has 2 amide bonds. The molecular weight excluding hydrogens is 550 g/mol. The molecule has 0 radical (unpaired) electrons. The predicted molar refractivity (Wildman–Crippen MR) is 175 cm³/mol. The van der Waals surface area contributed by atoms with E-state index in [4.69, 9.17) is 14.2 Å². The molecule has 2 aromatic rings. The molecule has 2 aliphatic heterocycles.